The van der Waals surface area contributed by atoms with Crippen molar-refractivity contribution in [3.05, 3.63) is 82.4 Å². The van der Waals surface area contributed by atoms with E-state index in [0.717, 1.165) is 22.3 Å². The van der Waals surface area contributed by atoms with Gasteiger partial charge in [-0.2, -0.15) is 0 Å². The lowest BCUT2D eigenvalue weighted by Gasteiger charge is -2.30. The van der Waals surface area contributed by atoms with Crippen molar-refractivity contribution in [1.82, 2.24) is 36.6 Å². The Kier molecular flexibility index (Phi) is 27.6. The number of carboxylic acid groups (broad SMARTS) is 1. The van der Waals surface area contributed by atoms with Crippen LogP contribution in [0.25, 0.3) is 11.1 Å². The minimum absolute atomic E-state index is 0.0378. The zero-order chi connectivity index (χ0) is 70.0. The van der Waals surface area contributed by atoms with E-state index in [9.17, 15) is 56.7 Å². The van der Waals surface area contributed by atoms with Gasteiger partial charge in [0.2, 0.25) is 29.6 Å². The maximum absolute atomic E-state index is 15.0. The molecule has 93 heavy (non-hydrogen) atoms. The van der Waals surface area contributed by atoms with E-state index in [1.807, 2.05) is 48.5 Å². The number of carbonyl (C=O) groups is 9. The molecule has 1 aliphatic rings. The normalized spacial score (nSPS) is 14.0. The monoisotopic (exact) mass is 1320 g/mol. The molecule has 0 fully saturated rings. The van der Waals surface area contributed by atoms with E-state index in [2.05, 4.69) is 41.6 Å². The number of carboxylic acids is 1. The fourth-order valence-corrected chi connectivity index (χ4v) is 11.3. The van der Waals surface area contributed by atoms with Crippen LogP contribution in [-0.4, -0.2) is 160 Å². The molecule has 0 saturated carbocycles. The molecule has 0 saturated heterocycles. The maximum atomic E-state index is 15.0. The van der Waals surface area contributed by atoms with Crippen LogP contribution in [0.2, 0.25) is 0 Å². The highest BCUT2D eigenvalue weighted by Crippen LogP contribution is 2.44. The van der Waals surface area contributed by atoms with E-state index in [-0.39, 0.29) is 56.7 Å². The van der Waals surface area contributed by atoms with E-state index in [1.54, 1.807) is 110 Å². The number of nitrogens with two attached hydrogens (primary N) is 1. The zero-order valence-electron chi connectivity index (χ0n) is 56.3. The Morgan fingerprint density at radius 2 is 1.12 bits per heavy atom. The third kappa shape index (κ3) is 25.1. The molecule has 10 N–H and O–H groups in total. The van der Waals surface area contributed by atoms with Crippen molar-refractivity contribution in [2.24, 2.45) is 16.6 Å². The fourth-order valence-electron chi connectivity index (χ4n) is 9.78. The molecule has 6 amide bonds. The number of aliphatic carboxylic acids is 1. The molecule has 0 bridgehead atoms. The quantitative estimate of drug-likeness (QED) is 0.00957. The first-order valence-corrected chi connectivity index (χ1v) is 32.1. The molecule has 0 aliphatic heterocycles. The number of nitrogens with zero attached hydrogens (tertiary/aromatic N) is 1. The van der Waals surface area contributed by atoms with Crippen LogP contribution in [0.1, 0.15) is 155 Å². The fraction of sp³-hybridized carbons (Fsp3) is 0.569. The average molecular weight is 1320 g/mol. The average Bonchev–Trinajstić information content (AvgIpc) is 1.72. The topological polar surface area (TPSA) is 386 Å². The number of sulfonamides is 1. The molecule has 3 aromatic rings. The third-order valence-electron chi connectivity index (χ3n) is 14.0. The van der Waals surface area contributed by atoms with Crippen LogP contribution >= 0.6 is 0 Å². The van der Waals surface area contributed by atoms with Gasteiger partial charge in [0.15, 0.2) is 5.92 Å². The minimum Gasteiger partial charge on any atom is -0.496 e. The summed E-state index contributed by atoms with van der Waals surface area (Å²) in [5.74, 6) is -9.95. The smallest absolute Gasteiger partial charge is 0.407 e. The van der Waals surface area contributed by atoms with Crippen molar-refractivity contribution < 1.29 is 85.1 Å². The van der Waals surface area contributed by atoms with Crippen molar-refractivity contribution in [2.45, 2.75) is 200 Å². The lowest BCUT2D eigenvalue weighted by Crippen LogP contribution is -2.60. The zero-order valence-corrected chi connectivity index (χ0v) is 57.1. The molecule has 28 heteroatoms. The Hall–Kier alpha value is -8.53. The molecule has 0 spiro atoms. The van der Waals surface area contributed by atoms with Gasteiger partial charge in [-0.05, 0) is 181 Å². The lowest BCUT2D eigenvalue weighted by atomic mass is 9.97. The van der Waals surface area contributed by atoms with Crippen molar-refractivity contribution >= 4 is 69.7 Å². The van der Waals surface area contributed by atoms with Crippen LogP contribution < -0.4 is 47.1 Å². The van der Waals surface area contributed by atoms with Crippen LogP contribution in [0.15, 0.2) is 64.5 Å². The second-order valence-corrected chi connectivity index (χ2v) is 28.1. The highest BCUT2D eigenvalue weighted by molar-refractivity contribution is 7.90. The Labute approximate surface area is 544 Å². The van der Waals surface area contributed by atoms with Crippen molar-refractivity contribution in [3.63, 3.8) is 0 Å². The van der Waals surface area contributed by atoms with E-state index in [1.165, 1.54) is 7.11 Å². The number of alkyl carbamates (subject to hydrolysis) is 2. The van der Waals surface area contributed by atoms with Gasteiger partial charge in [-0.3, -0.25) is 38.6 Å². The van der Waals surface area contributed by atoms with Gasteiger partial charge in [0.05, 0.1) is 24.2 Å². The Morgan fingerprint density at radius 3 is 1.65 bits per heavy atom. The molecule has 3 aromatic carbocycles. The summed E-state index contributed by atoms with van der Waals surface area (Å²) >= 11 is 0. The van der Waals surface area contributed by atoms with Gasteiger partial charge in [-0.25, -0.2) is 22.7 Å². The van der Waals surface area contributed by atoms with Gasteiger partial charge in [0, 0.05) is 25.4 Å². The molecular weight excluding hydrogens is 1230 g/mol. The van der Waals surface area contributed by atoms with Crippen LogP contribution in [0.4, 0.5) is 9.59 Å². The van der Waals surface area contributed by atoms with Crippen molar-refractivity contribution in [3.8, 4) is 16.9 Å². The first-order chi connectivity index (χ1) is 43.1. The summed E-state index contributed by atoms with van der Waals surface area (Å²) < 4.78 is 63.2. The van der Waals surface area contributed by atoms with Gasteiger partial charge in [-0.15, -0.1) is 0 Å². The summed E-state index contributed by atoms with van der Waals surface area (Å²) in [7, 11) is -2.81. The summed E-state index contributed by atoms with van der Waals surface area (Å²) in [5.41, 5.74) is 7.02. The summed E-state index contributed by atoms with van der Waals surface area (Å²) in [6, 6.07) is 10.2. The van der Waals surface area contributed by atoms with Gasteiger partial charge in [0.1, 0.15) is 59.9 Å². The molecule has 0 heterocycles. The van der Waals surface area contributed by atoms with Crippen molar-refractivity contribution in [2.75, 3.05) is 40.0 Å². The molecule has 4 rings (SSSR count). The number of aryl methyl sites for hydroxylation is 1. The Bertz CT molecular complexity index is 3250. The van der Waals surface area contributed by atoms with Gasteiger partial charge in [-0.1, -0.05) is 48.5 Å². The van der Waals surface area contributed by atoms with Crippen LogP contribution in [0.3, 0.4) is 0 Å². The van der Waals surface area contributed by atoms with Crippen LogP contribution in [0.5, 0.6) is 5.75 Å². The largest absolute Gasteiger partial charge is 0.496 e. The first kappa shape index (κ1) is 76.9. The molecule has 27 nitrogen and oxygen atoms in total. The number of guanidine groups is 1. The number of ether oxygens (including phenoxy) is 6. The summed E-state index contributed by atoms with van der Waals surface area (Å²) in [6.07, 6.45) is -2.75. The predicted octanol–water partition coefficient (Wildman–Crippen LogP) is 5.76. The van der Waals surface area contributed by atoms with E-state index in [0.29, 0.717) is 22.4 Å². The third-order valence-corrected chi connectivity index (χ3v) is 15.7. The molecule has 0 radical (unpaired) electrons. The number of esters is 2. The number of hydrogen-bond acceptors (Lipinski definition) is 18. The molecule has 514 valence electrons. The van der Waals surface area contributed by atoms with Crippen LogP contribution in [0, 0.1) is 26.7 Å². The van der Waals surface area contributed by atoms with E-state index in [4.69, 9.17) is 34.2 Å². The Morgan fingerprint density at radius 1 is 0.613 bits per heavy atom. The molecular formula is C65H95N9O18S. The lowest BCUT2D eigenvalue weighted by molar-refractivity contribution is -0.175. The Balaban J connectivity index is 1.70. The number of aliphatic imine (C=N–C) groups is 1. The molecule has 1 aliphatic carbocycles. The SMILES string of the molecule is COc1cc(C)c(S(=O)(=O)NC(N)=NCCC[C@H](NC(=O)[C@H](CCCCNC(=O)OC(C)(C)C)NC(=O)[C@H](COC(C)(C)C)NC(=O)[C@H](CC(C(=O)OC(C)(C)C)C(=O)OC(C)(C)C)NC(=O)OCC2c3ccccc3-c3ccccc32)C(=O)NCC(=O)O)c(C)c1C. The number of amides is 6. The second-order valence-electron chi connectivity index (χ2n) is 26.5. The number of fused-ring (bicyclic) bond motifs is 3. The van der Waals surface area contributed by atoms with Crippen molar-refractivity contribution in [1.29, 1.82) is 0 Å². The predicted molar refractivity (Wildman–Crippen MR) is 345 cm³/mol. The highest BCUT2D eigenvalue weighted by Gasteiger charge is 2.41. The standard InChI is InChI=1S/C65H95N9O18S/c1-37-32-50(87-16)38(2)39(3)52(37)93(85,86)74-59(66)67-31-23-29-46(53(77)69-34-51(75)76)70-54(78)47(28-21-22-30-68-60(83)92-65(13,14)15)71-56(80)49(36-89-62(4,5)6)72-55(79)48(33-44(57(81)90-63(7,8)9)58(82)91-64(10,11)12)73-61(84)88-35-45-42-26-19-17-24-40(42)41-25-18-20-27-43(41)45/h17-20,24-27,32,44-49H,21-23,28-31,33-36H2,1-16H3,(H,68,83)(H,69,77)(H,70,78)(H,71,80)(H,72,79)(H,73,84)(H,75,76)(H3,66,67,74)/t46-,47-,48-,49-/m0/s1. The van der Waals surface area contributed by atoms with E-state index >= 15 is 0 Å². The van der Waals surface area contributed by atoms with Gasteiger partial charge in [0.25, 0.3) is 10.0 Å². The highest BCUT2D eigenvalue weighted by atomic mass is 32.2. The number of methoxy groups -OCH3 is 1. The molecule has 4 atom stereocenters. The number of benzene rings is 3. The van der Waals surface area contributed by atoms with Gasteiger partial charge < -0.3 is 71.2 Å². The van der Waals surface area contributed by atoms with Gasteiger partial charge >= 0.3 is 30.1 Å². The maximum Gasteiger partial charge on any atom is 0.407 e. The minimum atomic E-state index is -4.27. The van der Waals surface area contributed by atoms with Crippen LogP contribution in [-0.2, 0) is 67.3 Å². The molecule has 0 unspecified atom stereocenters. The second kappa shape index (κ2) is 33.4. The summed E-state index contributed by atoms with van der Waals surface area (Å²) in [4.78, 5) is 128. The number of hydrogen-bond donors (Lipinski definition) is 9. The number of carbonyl (C=O) groups excluding carboxylic acids is 8. The van der Waals surface area contributed by atoms with E-state index < -0.39 is 148 Å². The number of nitrogens with one attached hydrogen (secondary N) is 7. The number of rotatable bonds is 30. The number of unbranched alkanes of at least 4 members (excludes halogenated alkanes) is 1. The summed E-state index contributed by atoms with van der Waals surface area (Å²) in [6.45, 7) is 22.5. The first-order valence-electron chi connectivity index (χ1n) is 30.7. The summed E-state index contributed by atoms with van der Waals surface area (Å²) in [5, 5.41) is 24.6. The molecule has 0 aromatic heterocycles.